The van der Waals surface area contributed by atoms with Gasteiger partial charge in [-0.15, -0.1) is 0 Å². The molecule has 2 nitrogen and oxygen atoms in total. The molecule has 0 amide bonds. The highest BCUT2D eigenvalue weighted by Crippen LogP contribution is 2.42. The fraction of sp³-hybridized carbons (Fsp3) is 1.00. The maximum Gasteiger partial charge on any atom is 0.0350 e. The number of nitrogens with zero attached hydrogens (tertiary/aromatic N) is 2. The van der Waals surface area contributed by atoms with E-state index in [0.717, 1.165) is 29.8 Å². The SMILES string of the molecule is CC1CC2CN(C3CN(C(C)C)C3)CC2C1. The minimum absolute atomic E-state index is 0.748. The van der Waals surface area contributed by atoms with Gasteiger partial charge in [-0.1, -0.05) is 6.92 Å². The van der Waals surface area contributed by atoms with Crippen LogP contribution >= 0.6 is 0 Å². The van der Waals surface area contributed by atoms with Crippen molar-refractivity contribution >= 4 is 0 Å². The zero-order chi connectivity index (χ0) is 11.3. The topological polar surface area (TPSA) is 6.48 Å². The minimum Gasteiger partial charge on any atom is -0.298 e. The third kappa shape index (κ3) is 1.80. The molecule has 0 aromatic carbocycles. The highest BCUT2D eigenvalue weighted by atomic mass is 15.3. The molecule has 0 spiro atoms. The van der Waals surface area contributed by atoms with Crippen molar-refractivity contribution in [1.29, 1.82) is 0 Å². The zero-order valence-corrected chi connectivity index (χ0v) is 11.0. The second-order valence-electron chi connectivity index (χ2n) is 6.75. The fourth-order valence-electron chi connectivity index (χ4n) is 4.08. The molecule has 0 aromatic heterocycles. The molecule has 2 unspecified atom stereocenters. The van der Waals surface area contributed by atoms with E-state index in [0.29, 0.717) is 0 Å². The summed E-state index contributed by atoms with van der Waals surface area (Å²) in [6.45, 7) is 12.5. The van der Waals surface area contributed by atoms with E-state index < -0.39 is 0 Å². The molecule has 2 aliphatic heterocycles. The molecule has 0 aromatic rings. The van der Waals surface area contributed by atoms with Gasteiger partial charge in [0.05, 0.1) is 0 Å². The van der Waals surface area contributed by atoms with Gasteiger partial charge in [0, 0.05) is 38.3 Å². The Bertz CT molecular complexity index is 243. The van der Waals surface area contributed by atoms with Crippen LogP contribution in [0.2, 0.25) is 0 Å². The minimum atomic E-state index is 0.748. The van der Waals surface area contributed by atoms with Crippen LogP contribution in [0.25, 0.3) is 0 Å². The third-order valence-electron chi connectivity index (χ3n) is 5.15. The highest BCUT2D eigenvalue weighted by Gasteiger charge is 2.44. The number of hydrogen-bond acceptors (Lipinski definition) is 2. The highest BCUT2D eigenvalue weighted by molar-refractivity contribution is 4.98. The maximum absolute atomic E-state index is 2.79. The van der Waals surface area contributed by atoms with Gasteiger partial charge >= 0.3 is 0 Å². The zero-order valence-electron chi connectivity index (χ0n) is 11.0. The fourth-order valence-corrected chi connectivity index (χ4v) is 4.08. The standard InChI is InChI=1S/C14H26N2/c1-10(2)15-8-14(9-15)16-6-12-4-11(3)5-13(12)7-16/h10-14H,4-9H2,1-3H3. The summed E-state index contributed by atoms with van der Waals surface area (Å²) in [4.78, 5) is 5.39. The predicted octanol–water partition coefficient (Wildman–Crippen LogP) is 2.06. The summed E-state index contributed by atoms with van der Waals surface area (Å²) in [6, 6.07) is 1.64. The van der Waals surface area contributed by atoms with Crippen molar-refractivity contribution in [3.63, 3.8) is 0 Å². The second kappa shape index (κ2) is 3.99. The first-order valence-corrected chi connectivity index (χ1v) is 7.11. The number of likely N-dealkylation sites (tertiary alicyclic amines) is 2. The Hall–Kier alpha value is -0.0800. The van der Waals surface area contributed by atoms with Crippen molar-refractivity contribution in [3.05, 3.63) is 0 Å². The Morgan fingerprint density at radius 2 is 1.50 bits per heavy atom. The lowest BCUT2D eigenvalue weighted by Gasteiger charge is -2.46. The molecule has 3 fully saturated rings. The van der Waals surface area contributed by atoms with Gasteiger partial charge in [0.2, 0.25) is 0 Å². The molecule has 1 saturated carbocycles. The number of rotatable bonds is 2. The van der Waals surface area contributed by atoms with Crippen LogP contribution in [0.4, 0.5) is 0 Å². The Morgan fingerprint density at radius 1 is 0.938 bits per heavy atom. The summed E-state index contributed by atoms with van der Waals surface area (Å²) in [5.41, 5.74) is 0. The van der Waals surface area contributed by atoms with E-state index in [1.165, 1.54) is 39.0 Å². The molecular weight excluding hydrogens is 196 g/mol. The Labute approximate surface area is 100.0 Å². The molecule has 16 heavy (non-hydrogen) atoms. The molecule has 3 aliphatic rings. The van der Waals surface area contributed by atoms with E-state index in [9.17, 15) is 0 Å². The van der Waals surface area contributed by atoms with E-state index in [2.05, 4.69) is 30.6 Å². The van der Waals surface area contributed by atoms with E-state index in [1.54, 1.807) is 0 Å². The van der Waals surface area contributed by atoms with Gasteiger partial charge in [-0.25, -0.2) is 0 Å². The summed E-state index contributed by atoms with van der Waals surface area (Å²) in [6.07, 6.45) is 3.00. The van der Waals surface area contributed by atoms with Crippen LogP contribution in [0.3, 0.4) is 0 Å². The molecule has 0 N–H and O–H groups in total. The van der Waals surface area contributed by atoms with E-state index in [4.69, 9.17) is 0 Å². The number of hydrogen-bond donors (Lipinski definition) is 0. The molecule has 0 bridgehead atoms. The molecule has 2 saturated heterocycles. The summed E-state index contributed by atoms with van der Waals surface area (Å²) >= 11 is 0. The predicted molar refractivity (Wildman–Crippen MR) is 67.4 cm³/mol. The summed E-state index contributed by atoms with van der Waals surface area (Å²) < 4.78 is 0. The molecule has 92 valence electrons. The van der Waals surface area contributed by atoms with E-state index in [1.807, 2.05) is 0 Å². The van der Waals surface area contributed by atoms with Crippen molar-refractivity contribution in [2.24, 2.45) is 17.8 Å². The van der Waals surface area contributed by atoms with Gasteiger partial charge in [-0.05, 0) is 44.4 Å². The first-order chi connectivity index (χ1) is 7.63. The molecule has 2 atom stereocenters. The van der Waals surface area contributed by atoms with E-state index >= 15 is 0 Å². The Balaban J connectivity index is 1.50. The molecular formula is C14H26N2. The van der Waals surface area contributed by atoms with Crippen LogP contribution < -0.4 is 0 Å². The molecule has 1 aliphatic carbocycles. The lowest BCUT2D eigenvalue weighted by molar-refractivity contribution is 0.0214. The first-order valence-electron chi connectivity index (χ1n) is 7.11. The van der Waals surface area contributed by atoms with Crippen molar-refractivity contribution in [1.82, 2.24) is 9.80 Å². The summed E-state index contributed by atoms with van der Waals surface area (Å²) in [5, 5.41) is 0. The average Bonchev–Trinajstić information content (AvgIpc) is 2.56. The van der Waals surface area contributed by atoms with Crippen molar-refractivity contribution < 1.29 is 0 Å². The van der Waals surface area contributed by atoms with Gasteiger partial charge in [-0.3, -0.25) is 9.80 Å². The molecule has 2 heterocycles. The van der Waals surface area contributed by atoms with E-state index in [-0.39, 0.29) is 0 Å². The van der Waals surface area contributed by atoms with Crippen LogP contribution in [0.1, 0.15) is 33.6 Å². The van der Waals surface area contributed by atoms with Crippen LogP contribution in [0.5, 0.6) is 0 Å². The lowest BCUT2D eigenvalue weighted by Crippen LogP contribution is -2.60. The lowest BCUT2D eigenvalue weighted by atomic mass is 10.0. The van der Waals surface area contributed by atoms with Gasteiger partial charge in [-0.2, -0.15) is 0 Å². The van der Waals surface area contributed by atoms with Crippen LogP contribution in [-0.4, -0.2) is 48.1 Å². The normalized spacial score (nSPS) is 41.6. The van der Waals surface area contributed by atoms with Crippen LogP contribution in [0, 0.1) is 17.8 Å². The first kappa shape index (κ1) is 11.0. The monoisotopic (exact) mass is 222 g/mol. The van der Waals surface area contributed by atoms with Gasteiger partial charge < -0.3 is 0 Å². The van der Waals surface area contributed by atoms with Crippen molar-refractivity contribution in [2.75, 3.05) is 26.2 Å². The van der Waals surface area contributed by atoms with Crippen LogP contribution in [-0.2, 0) is 0 Å². The van der Waals surface area contributed by atoms with Crippen molar-refractivity contribution in [3.8, 4) is 0 Å². The largest absolute Gasteiger partial charge is 0.298 e. The Kier molecular flexibility index (Phi) is 2.75. The molecule has 2 heteroatoms. The molecule has 3 rings (SSSR count). The average molecular weight is 222 g/mol. The van der Waals surface area contributed by atoms with Gasteiger partial charge in [0.1, 0.15) is 0 Å². The van der Waals surface area contributed by atoms with Crippen molar-refractivity contribution in [2.45, 2.75) is 45.7 Å². The molecule has 0 radical (unpaired) electrons. The van der Waals surface area contributed by atoms with Gasteiger partial charge in [0.15, 0.2) is 0 Å². The third-order valence-corrected chi connectivity index (χ3v) is 5.15. The number of fused-ring (bicyclic) bond motifs is 1. The second-order valence-corrected chi connectivity index (χ2v) is 6.75. The summed E-state index contributed by atoms with van der Waals surface area (Å²) in [5.74, 6) is 3.09. The van der Waals surface area contributed by atoms with Crippen LogP contribution in [0.15, 0.2) is 0 Å². The van der Waals surface area contributed by atoms with Gasteiger partial charge in [0.25, 0.3) is 0 Å². The summed E-state index contributed by atoms with van der Waals surface area (Å²) in [7, 11) is 0. The Morgan fingerprint density at radius 3 is 2.00 bits per heavy atom. The smallest absolute Gasteiger partial charge is 0.0350 e. The maximum atomic E-state index is 2.79. The quantitative estimate of drug-likeness (QED) is 0.705.